The third-order valence-corrected chi connectivity index (χ3v) is 6.06. The van der Waals surface area contributed by atoms with E-state index in [1.807, 2.05) is 0 Å². The van der Waals surface area contributed by atoms with Crippen LogP contribution < -0.4 is 5.32 Å². The molecular weight excluding hydrogens is 291 g/mol. The number of rotatable bonds is 2. The second-order valence-electron chi connectivity index (χ2n) is 7.29. The SMILES string of the molecule is CC1(C)[C@H]2CC[C@]1(C)[C@H](Nc1cccc(C(F)(F)F)c1)C2=O. The van der Waals surface area contributed by atoms with Crippen molar-refractivity contribution < 1.29 is 18.0 Å². The molecule has 3 rings (SSSR count). The van der Waals surface area contributed by atoms with Crippen LogP contribution in [0, 0.1) is 16.7 Å². The van der Waals surface area contributed by atoms with Gasteiger partial charge in [0.1, 0.15) is 0 Å². The smallest absolute Gasteiger partial charge is 0.375 e. The van der Waals surface area contributed by atoms with Gasteiger partial charge in [-0.05, 0) is 36.5 Å². The minimum absolute atomic E-state index is 0.000740. The first kappa shape index (κ1) is 15.4. The van der Waals surface area contributed by atoms with E-state index in [2.05, 4.69) is 26.1 Å². The molecule has 0 aliphatic heterocycles. The predicted molar refractivity (Wildman–Crippen MR) is 78.5 cm³/mol. The van der Waals surface area contributed by atoms with Crippen molar-refractivity contribution in [2.24, 2.45) is 16.7 Å². The molecular formula is C17H20F3NO. The number of carbonyl (C=O) groups is 1. The van der Waals surface area contributed by atoms with Crippen LogP contribution in [0.1, 0.15) is 39.2 Å². The molecule has 2 nitrogen and oxygen atoms in total. The van der Waals surface area contributed by atoms with E-state index in [1.54, 1.807) is 6.07 Å². The minimum atomic E-state index is -4.38. The molecule has 1 aromatic rings. The first-order valence-electron chi connectivity index (χ1n) is 7.55. The van der Waals surface area contributed by atoms with Crippen LogP contribution in [0.2, 0.25) is 0 Å². The van der Waals surface area contributed by atoms with Crippen molar-refractivity contribution in [1.29, 1.82) is 0 Å². The number of anilines is 1. The fourth-order valence-electron chi connectivity index (χ4n) is 4.24. The summed E-state index contributed by atoms with van der Waals surface area (Å²) >= 11 is 0. The summed E-state index contributed by atoms with van der Waals surface area (Å²) in [6, 6.07) is 4.67. The lowest BCUT2D eigenvalue weighted by atomic mass is 9.69. The number of hydrogen-bond donors (Lipinski definition) is 1. The molecule has 1 N–H and O–H groups in total. The Kier molecular flexibility index (Phi) is 3.14. The number of Topliss-reactive ketones (excluding diaryl/α,β-unsaturated/α-hetero) is 1. The van der Waals surface area contributed by atoms with Crippen LogP contribution in [-0.2, 0) is 11.0 Å². The minimum Gasteiger partial charge on any atom is -0.375 e. The molecule has 5 heteroatoms. The quantitative estimate of drug-likeness (QED) is 0.870. The molecule has 22 heavy (non-hydrogen) atoms. The number of fused-ring (bicyclic) bond motifs is 2. The van der Waals surface area contributed by atoms with Crippen LogP contribution in [0.3, 0.4) is 0 Å². The van der Waals surface area contributed by atoms with Gasteiger partial charge in [0.2, 0.25) is 0 Å². The van der Waals surface area contributed by atoms with Gasteiger partial charge >= 0.3 is 6.18 Å². The monoisotopic (exact) mass is 311 g/mol. The summed E-state index contributed by atoms with van der Waals surface area (Å²) in [5, 5.41) is 3.08. The average molecular weight is 311 g/mol. The molecule has 0 radical (unpaired) electrons. The molecule has 0 spiro atoms. The Hall–Kier alpha value is -1.52. The summed E-state index contributed by atoms with van der Waals surface area (Å²) in [5.74, 6) is 0.136. The van der Waals surface area contributed by atoms with Gasteiger partial charge in [0.05, 0.1) is 11.6 Å². The summed E-state index contributed by atoms with van der Waals surface area (Å²) < 4.78 is 38.4. The number of hydrogen-bond acceptors (Lipinski definition) is 2. The van der Waals surface area contributed by atoms with E-state index in [-0.39, 0.29) is 22.5 Å². The summed E-state index contributed by atoms with van der Waals surface area (Å²) in [5.41, 5.74) is -0.679. The molecule has 120 valence electrons. The van der Waals surface area contributed by atoms with Gasteiger partial charge in [-0.15, -0.1) is 0 Å². The van der Waals surface area contributed by atoms with Gasteiger partial charge < -0.3 is 5.32 Å². The Bertz CT molecular complexity index is 623. The van der Waals surface area contributed by atoms with Crippen molar-refractivity contribution in [3.63, 3.8) is 0 Å². The lowest BCUT2D eigenvalue weighted by Crippen LogP contribution is -2.43. The second kappa shape index (κ2) is 4.49. The Balaban J connectivity index is 1.90. The van der Waals surface area contributed by atoms with Gasteiger partial charge in [-0.3, -0.25) is 4.79 Å². The maximum atomic E-state index is 12.8. The van der Waals surface area contributed by atoms with Crippen molar-refractivity contribution in [3.8, 4) is 0 Å². The molecule has 2 aliphatic rings. The van der Waals surface area contributed by atoms with E-state index < -0.39 is 17.8 Å². The molecule has 2 fully saturated rings. The molecule has 0 heterocycles. The molecule has 1 aromatic carbocycles. The maximum Gasteiger partial charge on any atom is 0.416 e. The maximum absolute atomic E-state index is 12.8. The van der Waals surface area contributed by atoms with Gasteiger partial charge in [-0.1, -0.05) is 26.8 Å². The fourth-order valence-corrected chi connectivity index (χ4v) is 4.24. The third kappa shape index (κ3) is 1.97. The number of carbonyl (C=O) groups excluding carboxylic acids is 1. The molecule has 0 unspecified atom stereocenters. The fraction of sp³-hybridized carbons (Fsp3) is 0.588. The van der Waals surface area contributed by atoms with Gasteiger partial charge in [-0.25, -0.2) is 0 Å². The molecule has 2 bridgehead atoms. The predicted octanol–water partition coefficient (Wildman–Crippen LogP) is 4.51. The van der Waals surface area contributed by atoms with E-state index in [9.17, 15) is 18.0 Å². The highest BCUT2D eigenvalue weighted by Gasteiger charge is 2.66. The summed E-state index contributed by atoms with van der Waals surface area (Å²) in [6.45, 7) is 6.26. The van der Waals surface area contributed by atoms with Crippen molar-refractivity contribution in [1.82, 2.24) is 0 Å². The highest BCUT2D eigenvalue weighted by atomic mass is 19.4. The Morgan fingerprint density at radius 1 is 1.23 bits per heavy atom. The van der Waals surface area contributed by atoms with Gasteiger partial charge in [0.25, 0.3) is 0 Å². The second-order valence-corrected chi connectivity index (χ2v) is 7.29. The van der Waals surface area contributed by atoms with Crippen LogP contribution >= 0.6 is 0 Å². The lowest BCUT2D eigenvalue weighted by molar-refractivity contribution is -0.137. The first-order chi connectivity index (χ1) is 10.1. The number of alkyl halides is 3. The number of ketones is 1. The first-order valence-corrected chi connectivity index (χ1v) is 7.55. The highest BCUT2D eigenvalue weighted by Crippen LogP contribution is 2.64. The topological polar surface area (TPSA) is 29.1 Å². The molecule has 0 aromatic heterocycles. The standard InChI is InChI=1S/C17H20F3NO/c1-15(2)12-7-8-16(15,3)14(13(12)22)21-11-6-4-5-10(9-11)17(18,19)20/h4-6,9,12,14,21H,7-8H2,1-3H3/t12-,14+,16+/m0/s1. The number of halogens is 3. The zero-order valence-corrected chi connectivity index (χ0v) is 12.9. The Labute approximate surface area is 128 Å². The summed E-state index contributed by atoms with van der Waals surface area (Å²) in [7, 11) is 0. The summed E-state index contributed by atoms with van der Waals surface area (Å²) in [4.78, 5) is 12.6. The summed E-state index contributed by atoms with van der Waals surface area (Å²) in [6.07, 6.45) is -2.57. The molecule has 0 amide bonds. The van der Waals surface area contributed by atoms with E-state index in [1.165, 1.54) is 6.07 Å². The average Bonchev–Trinajstić information content (AvgIpc) is 2.72. The van der Waals surface area contributed by atoms with E-state index in [0.717, 1.165) is 25.0 Å². The Morgan fingerprint density at radius 3 is 2.45 bits per heavy atom. The van der Waals surface area contributed by atoms with Crippen LogP contribution in [0.5, 0.6) is 0 Å². The van der Waals surface area contributed by atoms with Crippen LogP contribution in [0.15, 0.2) is 24.3 Å². The molecule has 2 aliphatic carbocycles. The normalized spacial score (nSPS) is 33.3. The van der Waals surface area contributed by atoms with Gasteiger partial charge in [0, 0.05) is 17.0 Å². The molecule has 2 saturated carbocycles. The number of benzene rings is 1. The molecule has 0 saturated heterocycles. The largest absolute Gasteiger partial charge is 0.416 e. The van der Waals surface area contributed by atoms with E-state index in [4.69, 9.17) is 0 Å². The Morgan fingerprint density at radius 2 is 1.91 bits per heavy atom. The van der Waals surface area contributed by atoms with Crippen LogP contribution in [0.4, 0.5) is 18.9 Å². The van der Waals surface area contributed by atoms with Crippen molar-refractivity contribution in [3.05, 3.63) is 29.8 Å². The van der Waals surface area contributed by atoms with E-state index >= 15 is 0 Å². The zero-order chi connectivity index (χ0) is 16.3. The lowest BCUT2D eigenvalue weighted by Gasteiger charge is -2.38. The van der Waals surface area contributed by atoms with E-state index in [0.29, 0.717) is 5.69 Å². The van der Waals surface area contributed by atoms with Gasteiger partial charge in [0.15, 0.2) is 5.78 Å². The zero-order valence-electron chi connectivity index (χ0n) is 12.9. The van der Waals surface area contributed by atoms with Crippen molar-refractivity contribution in [2.45, 2.75) is 45.8 Å². The van der Waals surface area contributed by atoms with Gasteiger partial charge in [-0.2, -0.15) is 13.2 Å². The van der Waals surface area contributed by atoms with Crippen molar-refractivity contribution >= 4 is 11.5 Å². The molecule has 3 atom stereocenters. The highest BCUT2D eigenvalue weighted by molar-refractivity contribution is 5.94. The third-order valence-electron chi connectivity index (χ3n) is 6.06. The van der Waals surface area contributed by atoms with Crippen LogP contribution in [-0.4, -0.2) is 11.8 Å². The van der Waals surface area contributed by atoms with Crippen molar-refractivity contribution in [2.75, 3.05) is 5.32 Å². The van der Waals surface area contributed by atoms with Crippen LogP contribution in [0.25, 0.3) is 0 Å². The number of nitrogens with one attached hydrogen (secondary N) is 1.